The Kier molecular flexibility index (Phi) is 7.02. The molecule has 0 unspecified atom stereocenters. The Hall–Kier alpha value is -4.02. The fourth-order valence-corrected chi connectivity index (χ4v) is 5.65. The molecule has 1 N–H and O–H groups in total. The number of hydrogen-bond acceptors (Lipinski definition) is 7. The number of para-hydroxylation sites is 1. The molecular formula is C27H27N5O4S. The first-order chi connectivity index (χ1) is 17.9. The number of sulfonamides is 1. The number of hydrogen-bond donors (Lipinski definition) is 1. The first-order valence-corrected chi connectivity index (χ1v) is 13.4. The number of nitrogens with one attached hydrogen (secondary N) is 1. The number of aromatic nitrogens is 2. The Morgan fingerprint density at radius 2 is 1.62 bits per heavy atom. The number of amides is 1. The van der Waals surface area contributed by atoms with Gasteiger partial charge in [0, 0.05) is 61.8 Å². The van der Waals surface area contributed by atoms with Crippen molar-refractivity contribution in [3.05, 3.63) is 90.4 Å². The van der Waals surface area contributed by atoms with Crippen LogP contribution in [0, 0.1) is 0 Å². The zero-order valence-electron chi connectivity index (χ0n) is 20.4. The third-order valence-corrected chi connectivity index (χ3v) is 7.78. The van der Waals surface area contributed by atoms with Gasteiger partial charge in [0.05, 0.1) is 18.3 Å². The molecule has 4 aromatic rings. The Morgan fingerprint density at radius 1 is 0.919 bits per heavy atom. The van der Waals surface area contributed by atoms with Gasteiger partial charge in [0.15, 0.2) is 0 Å². The third-order valence-electron chi connectivity index (χ3n) is 6.37. The average molecular weight is 518 g/mol. The fourth-order valence-electron chi connectivity index (χ4n) is 4.42. The molecule has 0 spiro atoms. The molecule has 190 valence electrons. The molecular weight excluding hydrogens is 490 g/mol. The van der Waals surface area contributed by atoms with Crippen LogP contribution < -0.4 is 9.46 Å². The molecule has 1 amide bonds. The van der Waals surface area contributed by atoms with E-state index in [-0.39, 0.29) is 10.8 Å². The van der Waals surface area contributed by atoms with Crippen LogP contribution in [0.3, 0.4) is 0 Å². The second kappa shape index (κ2) is 10.5. The molecule has 5 rings (SSSR count). The maximum absolute atomic E-state index is 13.1. The van der Waals surface area contributed by atoms with E-state index in [0.29, 0.717) is 36.4 Å². The molecule has 37 heavy (non-hydrogen) atoms. The SMILES string of the molecule is COc1cccnc1CN1CCN(C(=O)c2ccc(NS(=O)(=O)c3cccc4cccnc34)cc2)CC1. The van der Waals surface area contributed by atoms with E-state index in [9.17, 15) is 13.2 Å². The van der Waals surface area contributed by atoms with E-state index in [1.54, 1.807) is 55.9 Å². The number of pyridine rings is 2. The number of ether oxygens (including phenoxy) is 1. The topological polar surface area (TPSA) is 105 Å². The minimum Gasteiger partial charge on any atom is -0.495 e. The lowest BCUT2D eigenvalue weighted by atomic mass is 10.1. The van der Waals surface area contributed by atoms with Gasteiger partial charge >= 0.3 is 0 Å². The lowest BCUT2D eigenvalue weighted by Gasteiger charge is -2.34. The standard InChI is InChI=1S/C27H27N5O4S/c1-36-24-7-4-13-28-23(24)19-31-15-17-32(18-16-31)27(33)21-9-11-22(12-10-21)30-37(34,35)25-8-2-5-20-6-3-14-29-26(20)25/h2-14,30H,15-19H2,1H3. The Bertz CT molecular complexity index is 1510. The second-order valence-electron chi connectivity index (χ2n) is 8.73. The highest BCUT2D eigenvalue weighted by Crippen LogP contribution is 2.24. The van der Waals surface area contributed by atoms with E-state index in [1.807, 2.05) is 29.2 Å². The highest BCUT2D eigenvalue weighted by atomic mass is 32.2. The maximum Gasteiger partial charge on any atom is 0.264 e. The number of methoxy groups -OCH3 is 1. The predicted molar refractivity (Wildman–Crippen MR) is 141 cm³/mol. The van der Waals surface area contributed by atoms with Crippen LogP contribution in [0.4, 0.5) is 5.69 Å². The Balaban J connectivity index is 1.21. The van der Waals surface area contributed by atoms with Crippen LogP contribution in [0.25, 0.3) is 10.9 Å². The molecule has 10 heteroatoms. The van der Waals surface area contributed by atoms with Crippen molar-refractivity contribution in [3.8, 4) is 5.75 Å². The van der Waals surface area contributed by atoms with Crippen molar-refractivity contribution in [2.75, 3.05) is 38.0 Å². The molecule has 2 aromatic carbocycles. The summed E-state index contributed by atoms with van der Waals surface area (Å²) < 4.78 is 34.1. The van der Waals surface area contributed by atoms with Crippen LogP contribution in [-0.2, 0) is 16.6 Å². The summed E-state index contributed by atoms with van der Waals surface area (Å²) in [5.74, 6) is 0.677. The summed E-state index contributed by atoms with van der Waals surface area (Å²) in [6, 6.07) is 18.8. The van der Waals surface area contributed by atoms with Gasteiger partial charge in [-0.05, 0) is 48.5 Å². The lowest BCUT2D eigenvalue weighted by molar-refractivity contribution is 0.0626. The van der Waals surface area contributed by atoms with Gasteiger partial charge < -0.3 is 9.64 Å². The number of nitrogens with zero attached hydrogens (tertiary/aromatic N) is 4. The summed E-state index contributed by atoms with van der Waals surface area (Å²) in [6.45, 7) is 3.30. The highest BCUT2D eigenvalue weighted by Gasteiger charge is 2.24. The molecule has 0 radical (unpaired) electrons. The van der Waals surface area contributed by atoms with Crippen LogP contribution in [0.2, 0.25) is 0 Å². The van der Waals surface area contributed by atoms with Gasteiger partial charge in [-0.3, -0.25) is 24.4 Å². The van der Waals surface area contributed by atoms with E-state index >= 15 is 0 Å². The molecule has 0 aliphatic carbocycles. The molecule has 0 saturated carbocycles. The number of fused-ring (bicyclic) bond motifs is 1. The van der Waals surface area contributed by atoms with Gasteiger partial charge in [-0.2, -0.15) is 0 Å². The van der Waals surface area contributed by atoms with Gasteiger partial charge in [-0.1, -0.05) is 18.2 Å². The van der Waals surface area contributed by atoms with Gasteiger partial charge in [0.2, 0.25) is 0 Å². The molecule has 0 bridgehead atoms. The molecule has 3 heterocycles. The normalized spacial score (nSPS) is 14.5. The van der Waals surface area contributed by atoms with Crippen LogP contribution in [0.5, 0.6) is 5.75 Å². The largest absolute Gasteiger partial charge is 0.495 e. The molecule has 1 fully saturated rings. The lowest BCUT2D eigenvalue weighted by Crippen LogP contribution is -2.48. The highest BCUT2D eigenvalue weighted by molar-refractivity contribution is 7.93. The number of rotatable bonds is 7. The molecule has 1 aliphatic rings. The van der Waals surface area contributed by atoms with Crippen LogP contribution in [0.15, 0.2) is 84.0 Å². The van der Waals surface area contributed by atoms with Crippen molar-refractivity contribution in [2.45, 2.75) is 11.4 Å². The van der Waals surface area contributed by atoms with Crippen molar-refractivity contribution < 1.29 is 17.9 Å². The minimum absolute atomic E-state index is 0.0808. The molecule has 0 atom stereocenters. The van der Waals surface area contributed by atoms with E-state index in [2.05, 4.69) is 19.6 Å². The van der Waals surface area contributed by atoms with E-state index < -0.39 is 10.0 Å². The number of carbonyl (C=O) groups excluding carboxylic acids is 1. The van der Waals surface area contributed by atoms with Crippen molar-refractivity contribution in [3.63, 3.8) is 0 Å². The van der Waals surface area contributed by atoms with Crippen molar-refractivity contribution in [1.82, 2.24) is 19.8 Å². The predicted octanol–water partition coefficient (Wildman–Crippen LogP) is 3.40. The fraction of sp³-hybridized carbons (Fsp3) is 0.222. The molecule has 9 nitrogen and oxygen atoms in total. The van der Waals surface area contributed by atoms with Crippen molar-refractivity contribution in [2.24, 2.45) is 0 Å². The summed E-state index contributed by atoms with van der Waals surface area (Å²) in [5, 5.41) is 0.741. The summed E-state index contributed by atoms with van der Waals surface area (Å²) in [7, 11) is -2.22. The number of carbonyl (C=O) groups is 1. The van der Waals surface area contributed by atoms with E-state index in [4.69, 9.17) is 4.74 Å². The molecule has 2 aromatic heterocycles. The van der Waals surface area contributed by atoms with Crippen molar-refractivity contribution in [1.29, 1.82) is 0 Å². The first kappa shape index (κ1) is 24.7. The Morgan fingerprint density at radius 3 is 2.38 bits per heavy atom. The minimum atomic E-state index is -3.86. The number of piperazine rings is 1. The summed E-state index contributed by atoms with van der Waals surface area (Å²) in [5.41, 5.74) is 2.17. The number of anilines is 1. The average Bonchev–Trinajstić information content (AvgIpc) is 2.93. The van der Waals surface area contributed by atoms with Gasteiger partial charge in [0.25, 0.3) is 15.9 Å². The van der Waals surface area contributed by atoms with Crippen LogP contribution >= 0.6 is 0 Å². The zero-order valence-corrected chi connectivity index (χ0v) is 21.2. The van der Waals surface area contributed by atoms with Crippen molar-refractivity contribution >= 4 is 32.5 Å². The summed E-state index contributed by atoms with van der Waals surface area (Å²) in [4.78, 5) is 25.9. The molecule has 1 aliphatic heterocycles. The molecule has 1 saturated heterocycles. The zero-order chi connectivity index (χ0) is 25.8. The third kappa shape index (κ3) is 5.40. The second-order valence-corrected chi connectivity index (χ2v) is 10.4. The summed E-state index contributed by atoms with van der Waals surface area (Å²) >= 11 is 0. The van der Waals surface area contributed by atoms with Crippen LogP contribution in [-0.4, -0.2) is 67.4 Å². The smallest absolute Gasteiger partial charge is 0.264 e. The van der Waals surface area contributed by atoms with Gasteiger partial charge in [0.1, 0.15) is 10.6 Å². The summed E-state index contributed by atoms with van der Waals surface area (Å²) in [6.07, 6.45) is 3.32. The van der Waals surface area contributed by atoms with Gasteiger partial charge in [-0.15, -0.1) is 0 Å². The maximum atomic E-state index is 13.1. The number of benzene rings is 2. The quantitative estimate of drug-likeness (QED) is 0.401. The Labute approximate surface area is 215 Å². The van der Waals surface area contributed by atoms with Gasteiger partial charge in [-0.25, -0.2) is 8.42 Å². The van der Waals surface area contributed by atoms with E-state index in [1.165, 1.54) is 6.07 Å². The van der Waals surface area contributed by atoms with Crippen LogP contribution in [0.1, 0.15) is 16.1 Å². The first-order valence-electron chi connectivity index (χ1n) is 11.9. The van der Waals surface area contributed by atoms with E-state index in [0.717, 1.165) is 29.9 Å². The monoisotopic (exact) mass is 517 g/mol.